The number of anilines is 2. The maximum absolute atomic E-state index is 14.8. The van der Waals surface area contributed by atoms with Gasteiger partial charge in [0.15, 0.2) is 0 Å². The van der Waals surface area contributed by atoms with E-state index in [2.05, 4.69) is 15.6 Å². The zero-order chi connectivity index (χ0) is 26.3. The number of carbonyl (C=O) groups excluding carboxylic acids is 2. The third-order valence-corrected chi connectivity index (χ3v) is 8.04. The predicted molar refractivity (Wildman–Crippen MR) is 132 cm³/mol. The molecule has 2 amide bonds. The third-order valence-electron chi connectivity index (χ3n) is 7.52. The first-order chi connectivity index (χ1) is 17.5. The second-order valence-corrected chi connectivity index (χ2v) is 10.3. The Balaban J connectivity index is 1.52. The number of aliphatic carboxylic acids is 1. The van der Waals surface area contributed by atoms with E-state index in [1.165, 1.54) is 18.3 Å². The van der Waals surface area contributed by atoms with Crippen molar-refractivity contribution >= 4 is 63.3 Å². The summed E-state index contributed by atoms with van der Waals surface area (Å²) >= 11 is 12.5. The highest BCUT2D eigenvalue weighted by molar-refractivity contribution is 6.38. The number of amides is 2. The summed E-state index contributed by atoms with van der Waals surface area (Å²) in [6.07, 6.45) is 0.680. The van der Waals surface area contributed by atoms with Gasteiger partial charge in [-0.1, -0.05) is 47.5 Å². The molecule has 2 saturated heterocycles. The fraction of sp³-hybridized carbons (Fsp3) is 0.280. The summed E-state index contributed by atoms with van der Waals surface area (Å²) < 4.78 is 29.7. The molecule has 1 aromatic heterocycles. The number of hydrogen-bond acceptors (Lipinski definition) is 5. The molecule has 4 atom stereocenters. The molecule has 3 aliphatic heterocycles. The zero-order valence-electron chi connectivity index (χ0n) is 18.8. The van der Waals surface area contributed by atoms with E-state index in [1.54, 1.807) is 24.3 Å². The number of alkyl halides is 2. The fourth-order valence-electron chi connectivity index (χ4n) is 6.22. The lowest BCUT2D eigenvalue weighted by atomic mass is 9.73. The molecular formula is C25H18Cl2F2N4O4. The summed E-state index contributed by atoms with van der Waals surface area (Å²) in [7, 11) is 0. The molecule has 0 unspecified atom stereocenters. The first-order valence-electron chi connectivity index (χ1n) is 11.4. The number of nitrogens with zero attached hydrogens (tertiary/aromatic N) is 2. The molecule has 0 aliphatic carbocycles. The van der Waals surface area contributed by atoms with Crippen LogP contribution in [0, 0.1) is 11.8 Å². The minimum absolute atomic E-state index is 0.0345. The third kappa shape index (κ3) is 3.36. The van der Waals surface area contributed by atoms with Crippen LogP contribution in [0.4, 0.5) is 20.3 Å². The van der Waals surface area contributed by atoms with E-state index in [-0.39, 0.29) is 27.1 Å². The van der Waals surface area contributed by atoms with E-state index in [0.717, 1.165) is 10.3 Å². The van der Waals surface area contributed by atoms with Crippen LogP contribution in [-0.4, -0.2) is 51.3 Å². The van der Waals surface area contributed by atoms with Crippen molar-refractivity contribution in [2.24, 2.45) is 11.8 Å². The highest BCUT2D eigenvalue weighted by Gasteiger charge is 2.74. The van der Waals surface area contributed by atoms with Gasteiger partial charge in [0.05, 0.1) is 23.2 Å². The fourth-order valence-corrected chi connectivity index (χ4v) is 6.76. The predicted octanol–water partition coefficient (Wildman–Crippen LogP) is 4.37. The van der Waals surface area contributed by atoms with Gasteiger partial charge < -0.3 is 15.7 Å². The quantitative estimate of drug-likeness (QED) is 0.449. The number of carbonyl (C=O) groups is 3. The summed E-state index contributed by atoms with van der Waals surface area (Å²) in [5.74, 6) is -9.48. The average Bonchev–Trinajstić information content (AvgIpc) is 3.40. The van der Waals surface area contributed by atoms with Crippen molar-refractivity contribution in [3.8, 4) is 0 Å². The summed E-state index contributed by atoms with van der Waals surface area (Å²) in [5, 5.41) is 17.1. The highest BCUT2D eigenvalue weighted by atomic mass is 35.5. The first-order valence-corrected chi connectivity index (χ1v) is 12.1. The van der Waals surface area contributed by atoms with E-state index in [0.29, 0.717) is 5.39 Å². The van der Waals surface area contributed by atoms with Gasteiger partial charge in [0.25, 0.3) is 11.8 Å². The van der Waals surface area contributed by atoms with Crippen LogP contribution in [0.1, 0.15) is 12.0 Å². The standard InChI is InChI=1S/C25H18Cl2F2N4O4/c26-12-7-14-19(15(27)8-12)31-23(37)25(14)18(22(35)36)17(16-9-24(28,29)10-33(16)25)21(34)32-20-13-4-2-1-3-11(13)5-6-30-20/h1-8,16-18H,9-10H2,(H,31,37)(H,35,36)(H,30,32,34)/t16-,17+,18-,25+/m1/s1. The van der Waals surface area contributed by atoms with Crippen LogP contribution in [-0.2, 0) is 19.9 Å². The normalized spacial score (nSPS) is 27.8. The van der Waals surface area contributed by atoms with Crippen LogP contribution in [0.2, 0.25) is 10.0 Å². The van der Waals surface area contributed by atoms with Crippen molar-refractivity contribution in [2.75, 3.05) is 17.2 Å². The molecule has 3 N–H and O–H groups in total. The second-order valence-electron chi connectivity index (χ2n) is 9.50. The Labute approximate surface area is 218 Å². The molecule has 3 aliphatic rings. The van der Waals surface area contributed by atoms with Crippen LogP contribution in [0.3, 0.4) is 0 Å². The van der Waals surface area contributed by atoms with Crippen LogP contribution in [0.25, 0.3) is 10.8 Å². The Hall–Kier alpha value is -3.34. The summed E-state index contributed by atoms with van der Waals surface area (Å²) in [5.41, 5.74) is -1.97. The molecule has 37 heavy (non-hydrogen) atoms. The van der Waals surface area contributed by atoms with Gasteiger partial charge in [-0.2, -0.15) is 0 Å². The van der Waals surface area contributed by atoms with E-state index in [9.17, 15) is 28.3 Å². The molecule has 12 heteroatoms. The monoisotopic (exact) mass is 546 g/mol. The molecule has 6 rings (SSSR count). The minimum atomic E-state index is -3.26. The van der Waals surface area contributed by atoms with Crippen LogP contribution in [0.15, 0.2) is 48.7 Å². The van der Waals surface area contributed by atoms with Gasteiger partial charge in [0.2, 0.25) is 5.91 Å². The van der Waals surface area contributed by atoms with Crippen LogP contribution >= 0.6 is 23.2 Å². The molecule has 8 nitrogen and oxygen atoms in total. The highest BCUT2D eigenvalue weighted by Crippen LogP contribution is 2.61. The van der Waals surface area contributed by atoms with Crippen molar-refractivity contribution in [1.82, 2.24) is 9.88 Å². The summed E-state index contributed by atoms with van der Waals surface area (Å²) in [4.78, 5) is 45.5. The van der Waals surface area contributed by atoms with E-state index < -0.39 is 60.1 Å². The van der Waals surface area contributed by atoms with Gasteiger partial charge in [-0.3, -0.25) is 19.3 Å². The number of aromatic nitrogens is 1. The summed E-state index contributed by atoms with van der Waals surface area (Å²) in [6, 6.07) is 10.3. The maximum Gasteiger partial charge on any atom is 0.310 e. The van der Waals surface area contributed by atoms with Gasteiger partial charge in [0, 0.05) is 34.6 Å². The van der Waals surface area contributed by atoms with Gasteiger partial charge in [0.1, 0.15) is 17.3 Å². The molecule has 2 aromatic carbocycles. The lowest BCUT2D eigenvalue weighted by Crippen LogP contribution is -2.54. The Morgan fingerprint density at radius 3 is 2.70 bits per heavy atom. The number of carboxylic acid groups (broad SMARTS) is 1. The van der Waals surface area contributed by atoms with E-state index in [1.807, 2.05) is 6.07 Å². The molecule has 0 bridgehead atoms. The number of halogens is 4. The maximum atomic E-state index is 14.8. The number of nitrogens with one attached hydrogen (secondary N) is 2. The van der Waals surface area contributed by atoms with Gasteiger partial charge in [-0.25, -0.2) is 13.8 Å². The number of carboxylic acids is 1. The lowest BCUT2D eigenvalue weighted by molar-refractivity contribution is -0.153. The largest absolute Gasteiger partial charge is 0.481 e. The molecule has 2 fully saturated rings. The SMILES string of the molecule is O=C(Nc1nccc2ccccc12)[C@H]1[C@H]2CC(F)(F)CN2[C@]2(C(=O)Nc3c(Cl)cc(Cl)cc32)[C@H]1C(=O)O. The molecule has 3 aromatic rings. The molecule has 0 radical (unpaired) electrons. The Morgan fingerprint density at radius 1 is 1.19 bits per heavy atom. The molecule has 4 heterocycles. The second kappa shape index (κ2) is 8.08. The minimum Gasteiger partial charge on any atom is -0.481 e. The van der Waals surface area contributed by atoms with Crippen molar-refractivity contribution in [3.63, 3.8) is 0 Å². The molecule has 0 saturated carbocycles. The smallest absolute Gasteiger partial charge is 0.310 e. The topological polar surface area (TPSA) is 112 Å². The number of pyridine rings is 1. The molecule has 1 spiro atoms. The van der Waals surface area contributed by atoms with Gasteiger partial charge >= 0.3 is 5.97 Å². The number of benzene rings is 2. The summed E-state index contributed by atoms with van der Waals surface area (Å²) in [6.45, 7) is -0.908. The molecule has 190 valence electrons. The Kier molecular flexibility index (Phi) is 5.24. The van der Waals surface area contributed by atoms with Gasteiger partial charge in [-0.05, 0) is 23.6 Å². The number of fused-ring (bicyclic) bond motifs is 5. The van der Waals surface area contributed by atoms with Crippen LogP contribution < -0.4 is 10.6 Å². The van der Waals surface area contributed by atoms with Gasteiger partial charge in [-0.15, -0.1) is 0 Å². The number of hydrogen-bond donors (Lipinski definition) is 3. The van der Waals surface area contributed by atoms with Crippen LogP contribution in [0.5, 0.6) is 0 Å². The molecular weight excluding hydrogens is 529 g/mol. The number of rotatable bonds is 3. The Morgan fingerprint density at radius 2 is 1.95 bits per heavy atom. The zero-order valence-corrected chi connectivity index (χ0v) is 20.4. The van der Waals surface area contributed by atoms with E-state index in [4.69, 9.17) is 23.2 Å². The van der Waals surface area contributed by atoms with Crippen molar-refractivity contribution in [2.45, 2.75) is 23.9 Å². The Bertz CT molecular complexity index is 1510. The first kappa shape index (κ1) is 24.0. The van der Waals surface area contributed by atoms with Crippen molar-refractivity contribution in [3.05, 3.63) is 64.3 Å². The van der Waals surface area contributed by atoms with Crippen molar-refractivity contribution < 1.29 is 28.3 Å². The average molecular weight is 547 g/mol. The lowest BCUT2D eigenvalue weighted by Gasteiger charge is -2.35. The van der Waals surface area contributed by atoms with E-state index >= 15 is 0 Å². The van der Waals surface area contributed by atoms with Crippen molar-refractivity contribution in [1.29, 1.82) is 0 Å².